The van der Waals surface area contributed by atoms with Gasteiger partial charge in [-0.15, -0.1) is 0 Å². The Hall–Kier alpha value is -3.35. The molecule has 9 nitrogen and oxygen atoms in total. The van der Waals surface area contributed by atoms with Gasteiger partial charge in [0.15, 0.2) is 0 Å². The lowest BCUT2D eigenvalue weighted by Gasteiger charge is -2.46. The van der Waals surface area contributed by atoms with Crippen molar-refractivity contribution in [3.63, 3.8) is 0 Å². The maximum atomic E-state index is 15.2. The summed E-state index contributed by atoms with van der Waals surface area (Å²) in [6, 6.07) is 9.09. The third kappa shape index (κ3) is 4.59. The van der Waals surface area contributed by atoms with Gasteiger partial charge in [-0.05, 0) is 30.2 Å². The Bertz CT molecular complexity index is 1380. The van der Waals surface area contributed by atoms with Crippen LogP contribution in [0.25, 0.3) is 11.1 Å². The summed E-state index contributed by atoms with van der Waals surface area (Å²) >= 11 is 0. The first-order valence-electron chi connectivity index (χ1n) is 11.2. The summed E-state index contributed by atoms with van der Waals surface area (Å²) in [4.78, 5) is 14.4. The van der Waals surface area contributed by atoms with Gasteiger partial charge in [0.1, 0.15) is 36.0 Å². The maximum Gasteiger partial charge on any atom is 0.253 e. The molecule has 1 aromatic heterocycles. The van der Waals surface area contributed by atoms with Crippen molar-refractivity contribution in [2.45, 2.75) is 24.3 Å². The number of halogens is 2. The molecule has 36 heavy (non-hydrogen) atoms. The van der Waals surface area contributed by atoms with Gasteiger partial charge in [0, 0.05) is 30.8 Å². The molecule has 12 heteroatoms. The summed E-state index contributed by atoms with van der Waals surface area (Å²) < 4.78 is 72.0. The fourth-order valence-electron chi connectivity index (χ4n) is 4.70. The topological polar surface area (TPSA) is 102 Å². The van der Waals surface area contributed by atoms with Crippen molar-refractivity contribution in [3.8, 4) is 16.9 Å². The van der Waals surface area contributed by atoms with E-state index in [1.165, 1.54) is 59.0 Å². The normalized spacial score (nSPS) is 20.9. The molecule has 3 heterocycles. The summed E-state index contributed by atoms with van der Waals surface area (Å²) in [5, 5.41) is 3.67. The van der Waals surface area contributed by atoms with Gasteiger partial charge >= 0.3 is 0 Å². The highest BCUT2D eigenvalue weighted by atomic mass is 32.2. The van der Waals surface area contributed by atoms with Gasteiger partial charge < -0.3 is 18.9 Å². The molecule has 0 bridgehead atoms. The van der Waals surface area contributed by atoms with E-state index in [1.807, 2.05) is 0 Å². The molecule has 1 amide bonds. The van der Waals surface area contributed by atoms with Crippen LogP contribution in [0, 0.1) is 11.6 Å². The number of carbonyl (C=O) groups is 1. The minimum atomic E-state index is -3.70. The van der Waals surface area contributed by atoms with Crippen molar-refractivity contribution in [2.75, 3.05) is 31.7 Å². The summed E-state index contributed by atoms with van der Waals surface area (Å²) in [5.41, 5.74) is 0.949. The third-order valence-corrected chi connectivity index (χ3v) is 8.17. The first-order valence-corrected chi connectivity index (χ1v) is 12.8. The van der Waals surface area contributed by atoms with Crippen LogP contribution in [0.4, 0.5) is 14.5 Å². The Morgan fingerprint density at radius 3 is 2.75 bits per heavy atom. The van der Waals surface area contributed by atoms with Crippen LogP contribution in [0.3, 0.4) is 0 Å². The maximum absolute atomic E-state index is 15.2. The van der Waals surface area contributed by atoms with E-state index in [2.05, 4.69) is 5.16 Å². The molecular weight excluding hydrogens is 496 g/mol. The van der Waals surface area contributed by atoms with Crippen molar-refractivity contribution < 1.29 is 36.0 Å². The molecule has 2 atom stereocenters. The zero-order valence-electron chi connectivity index (χ0n) is 19.3. The second-order valence-electron chi connectivity index (χ2n) is 8.59. The van der Waals surface area contributed by atoms with Crippen LogP contribution in [-0.2, 0) is 25.3 Å². The number of nitrogens with zero attached hydrogens (tertiary/aromatic N) is 3. The van der Waals surface area contributed by atoms with Crippen LogP contribution < -0.4 is 9.64 Å². The molecule has 0 radical (unpaired) electrons. The number of ether oxygens (including phenoxy) is 2. The van der Waals surface area contributed by atoms with E-state index in [1.54, 1.807) is 6.07 Å². The molecule has 2 aliphatic heterocycles. The molecule has 0 spiro atoms. The average molecular weight is 520 g/mol. The number of aromatic nitrogens is 1. The Labute approximate surface area is 206 Å². The number of fused-ring (bicyclic) bond motifs is 1. The highest BCUT2D eigenvalue weighted by molar-refractivity contribution is 7.88. The van der Waals surface area contributed by atoms with E-state index in [0.29, 0.717) is 5.56 Å². The molecule has 2 aliphatic rings. The minimum absolute atomic E-state index is 0.0286. The van der Waals surface area contributed by atoms with Crippen molar-refractivity contribution >= 4 is 21.6 Å². The van der Waals surface area contributed by atoms with Gasteiger partial charge in [0.25, 0.3) is 5.91 Å². The molecule has 190 valence electrons. The fraction of sp³-hybridized carbons (Fsp3) is 0.333. The lowest BCUT2D eigenvalue weighted by Crippen LogP contribution is -2.62. The molecule has 2 saturated heterocycles. The molecule has 0 unspecified atom stereocenters. The highest BCUT2D eigenvalue weighted by Gasteiger charge is 2.44. The number of rotatable bonds is 6. The third-order valence-electron chi connectivity index (χ3n) is 6.39. The van der Waals surface area contributed by atoms with E-state index in [9.17, 15) is 17.6 Å². The number of carbonyl (C=O) groups excluding carboxylic acids is 1. The second kappa shape index (κ2) is 9.60. The van der Waals surface area contributed by atoms with Gasteiger partial charge in [0.2, 0.25) is 10.0 Å². The van der Waals surface area contributed by atoms with Crippen LogP contribution in [0.15, 0.2) is 53.3 Å². The van der Waals surface area contributed by atoms with Crippen molar-refractivity contribution in [1.82, 2.24) is 9.46 Å². The first-order chi connectivity index (χ1) is 17.3. The second-order valence-corrected chi connectivity index (χ2v) is 10.6. The lowest BCUT2D eigenvalue weighted by molar-refractivity contribution is -0.134. The molecule has 2 fully saturated rings. The monoisotopic (exact) mass is 519 g/mol. The van der Waals surface area contributed by atoms with Gasteiger partial charge in [-0.3, -0.25) is 4.79 Å². The first kappa shape index (κ1) is 24.3. The van der Waals surface area contributed by atoms with E-state index < -0.39 is 39.7 Å². The minimum Gasteiger partial charge on any atom is -0.495 e. The number of amides is 1. The van der Waals surface area contributed by atoms with Crippen LogP contribution >= 0.6 is 0 Å². The molecule has 0 N–H and O–H groups in total. The number of hydrogen-bond acceptors (Lipinski definition) is 7. The van der Waals surface area contributed by atoms with E-state index in [-0.39, 0.29) is 54.6 Å². The lowest BCUT2D eigenvalue weighted by atomic mass is 9.97. The SMILES string of the molecule is COc1cc(-c2cccc(F)c2)c(F)cc1N1C(=O)CO[C@H]2CN(S(=O)(=O)Cc3ccon3)CC[C@@H]21. The van der Waals surface area contributed by atoms with E-state index >= 15 is 4.39 Å². The summed E-state index contributed by atoms with van der Waals surface area (Å²) in [7, 11) is -2.30. The van der Waals surface area contributed by atoms with Crippen LogP contribution in [0.5, 0.6) is 5.75 Å². The van der Waals surface area contributed by atoms with Crippen LogP contribution in [0.1, 0.15) is 12.1 Å². The van der Waals surface area contributed by atoms with Crippen LogP contribution in [-0.4, -0.2) is 62.7 Å². The molecule has 2 aromatic carbocycles. The Morgan fingerprint density at radius 2 is 2.03 bits per heavy atom. The number of hydrogen-bond donors (Lipinski definition) is 0. The predicted molar refractivity (Wildman–Crippen MR) is 125 cm³/mol. The average Bonchev–Trinajstić information content (AvgIpc) is 3.36. The quantitative estimate of drug-likeness (QED) is 0.494. The largest absolute Gasteiger partial charge is 0.495 e. The number of piperidine rings is 1. The van der Waals surface area contributed by atoms with Crippen molar-refractivity contribution in [2.24, 2.45) is 0 Å². The van der Waals surface area contributed by atoms with E-state index in [0.717, 1.165) is 0 Å². The van der Waals surface area contributed by atoms with Gasteiger partial charge in [-0.2, -0.15) is 4.31 Å². The molecule has 5 rings (SSSR count). The zero-order valence-corrected chi connectivity index (χ0v) is 20.1. The summed E-state index contributed by atoms with van der Waals surface area (Å²) in [6.07, 6.45) is 0.945. The molecule has 3 aromatic rings. The summed E-state index contributed by atoms with van der Waals surface area (Å²) in [6.45, 7) is -0.129. The molecular formula is C24H23F2N3O6S. The molecule has 0 aliphatic carbocycles. The van der Waals surface area contributed by atoms with Gasteiger partial charge in [-0.1, -0.05) is 17.3 Å². The smallest absolute Gasteiger partial charge is 0.253 e. The Balaban J connectivity index is 1.43. The number of methoxy groups -OCH3 is 1. The Kier molecular flexibility index (Phi) is 6.49. The number of sulfonamides is 1. The number of benzene rings is 2. The molecule has 0 saturated carbocycles. The standard InChI is InChI=1S/C24H23F2N3O6S/c1-33-22-10-18(15-3-2-4-16(25)9-15)19(26)11-21(22)29-20-5-7-28(12-23(20)34-13-24(29)30)36(31,32)14-17-6-8-35-27-17/h2-4,6,8-11,20,23H,5,7,12-14H2,1H3/t20-,23-/m0/s1. The number of morpholine rings is 1. The highest BCUT2D eigenvalue weighted by Crippen LogP contribution is 2.40. The van der Waals surface area contributed by atoms with E-state index in [4.69, 9.17) is 14.0 Å². The van der Waals surface area contributed by atoms with Gasteiger partial charge in [0.05, 0.1) is 30.6 Å². The Morgan fingerprint density at radius 1 is 1.19 bits per heavy atom. The number of anilines is 1. The van der Waals surface area contributed by atoms with Crippen molar-refractivity contribution in [3.05, 3.63) is 66.1 Å². The van der Waals surface area contributed by atoms with Crippen LogP contribution in [0.2, 0.25) is 0 Å². The van der Waals surface area contributed by atoms with Gasteiger partial charge in [-0.25, -0.2) is 17.2 Å². The fourth-order valence-corrected chi connectivity index (χ4v) is 6.16. The summed E-state index contributed by atoms with van der Waals surface area (Å²) in [5.74, 6) is -1.65. The van der Waals surface area contributed by atoms with Crippen molar-refractivity contribution in [1.29, 1.82) is 0 Å². The zero-order chi connectivity index (χ0) is 25.4. The predicted octanol–water partition coefficient (Wildman–Crippen LogP) is 2.96.